The molecule has 2 fully saturated rings. The summed E-state index contributed by atoms with van der Waals surface area (Å²) in [6.45, 7) is -0.302. The van der Waals surface area contributed by atoms with Gasteiger partial charge in [0.2, 0.25) is 11.8 Å². The van der Waals surface area contributed by atoms with Crippen molar-refractivity contribution in [2.24, 2.45) is 11.8 Å². The number of carbonyl (C=O) groups is 2. The molecule has 2 bridgehead atoms. The van der Waals surface area contributed by atoms with E-state index in [9.17, 15) is 14.7 Å². The number of rotatable bonds is 2. The van der Waals surface area contributed by atoms with Crippen molar-refractivity contribution in [2.45, 2.75) is 11.7 Å². The van der Waals surface area contributed by atoms with Crippen LogP contribution in [0.25, 0.3) is 0 Å². The van der Waals surface area contributed by atoms with E-state index in [1.165, 1.54) is 4.90 Å². The summed E-state index contributed by atoms with van der Waals surface area (Å²) in [7, 11) is 0. The first-order valence-corrected chi connectivity index (χ1v) is 7.49. The van der Waals surface area contributed by atoms with Gasteiger partial charge in [-0.1, -0.05) is 24.3 Å². The summed E-state index contributed by atoms with van der Waals surface area (Å²) in [5.41, 5.74) is -0.507. The number of anilines is 1. The van der Waals surface area contributed by atoms with Crippen molar-refractivity contribution in [3.05, 3.63) is 40.9 Å². The molecule has 21 heavy (non-hydrogen) atoms. The van der Waals surface area contributed by atoms with Gasteiger partial charge in [0.25, 0.3) is 0 Å². The highest BCUT2D eigenvalue weighted by Crippen LogP contribution is 2.52. The molecule has 4 atom stereocenters. The fourth-order valence-corrected chi connectivity index (χ4v) is 4.02. The van der Waals surface area contributed by atoms with Crippen molar-refractivity contribution in [1.82, 2.24) is 0 Å². The van der Waals surface area contributed by atoms with Gasteiger partial charge < -0.3 is 9.84 Å². The van der Waals surface area contributed by atoms with Crippen LogP contribution < -0.4 is 4.90 Å². The van der Waals surface area contributed by atoms with Crippen LogP contribution in [0.2, 0.25) is 0 Å². The van der Waals surface area contributed by atoms with Gasteiger partial charge in [0, 0.05) is 4.47 Å². The Labute approximate surface area is 129 Å². The number of para-hydroxylation sites is 1. The van der Waals surface area contributed by atoms with Gasteiger partial charge in [0.15, 0.2) is 0 Å². The van der Waals surface area contributed by atoms with Crippen LogP contribution in [0.5, 0.6) is 0 Å². The van der Waals surface area contributed by atoms with Gasteiger partial charge in [0.1, 0.15) is 5.60 Å². The number of amides is 2. The minimum Gasteiger partial charge on any atom is -0.393 e. The molecule has 6 heteroatoms. The van der Waals surface area contributed by atoms with E-state index in [2.05, 4.69) is 15.9 Å². The fourth-order valence-electron chi connectivity index (χ4n) is 3.55. The number of hydrogen-bond acceptors (Lipinski definition) is 4. The molecular formula is C15H12BrNO4. The Kier molecular flexibility index (Phi) is 2.67. The predicted molar refractivity (Wildman–Crippen MR) is 77.4 cm³/mol. The fraction of sp³-hybridized carbons (Fsp3) is 0.333. The number of imide groups is 1. The molecule has 0 aromatic heterocycles. The van der Waals surface area contributed by atoms with E-state index in [-0.39, 0.29) is 18.4 Å². The van der Waals surface area contributed by atoms with E-state index in [0.717, 1.165) is 0 Å². The van der Waals surface area contributed by atoms with Crippen molar-refractivity contribution in [3.63, 3.8) is 0 Å². The van der Waals surface area contributed by atoms with Gasteiger partial charge in [-0.2, -0.15) is 0 Å². The summed E-state index contributed by atoms with van der Waals surface area (Å²) < 4.78 is 6.38. The average Bonchev–Trinajstić information content (AvgIpc) is 3.12. The number of fused-ring (bicyclic) bond motifs is 5. The van der Waals surface area contributed by atoms with E-state index in [4.69, 9.17) is 4.74 Å². The lowest BCUT2D eigenvalue weighted by Crippen LogP contribution is -2.43. The maximum Gasteiger partial charge on any atom is 0.241 e. The van der Waals surface area contributed by atoms with Crippen LogP contribution in [-0.2, 0) is 14.3 Å². The second-order valence-corrected chi connectivity index (χ2v) is 6.38. The Morgan fingerprint density at radius 2 is 2.05 bits per heavy atom. The average molecular weight is 350 g/mol. The third kappa shape index (κ3) is 1.52. The van der Waals surface area contributed by atoms with Gasteiger partial charge in [-0.25, -0.2) is 4.90 Å². The Morgan fingerprint density at radius 3 is 2.76 bits per heavy atom. The lowest BCUT2D eigenvalue weighted by Gasteiger charge is -2.26. The molecule has 3 aliphatic heterocycles. The number of benzene rings is 1. The maximum absolute atomic E-state index is 12.8. The Hall–Kier alpha value is -1.50. The van der Waals surface area contributed by atoms with Crippen LogP contribution in [0.1, 0.15) is 0 Å². The molecule has 0 saturated carbocycles. The number of hydrogen-bond donors (Lipinski definition) is 1. The largest absolute Gasteiger partial charge is 0.393 e. The first-order valence-electron chi connectivity index (χ1n) is 6.69. The molecule has 108 valence electrons. The molecule has 5 nitrogen and oxygen atoms in total. The molecular weight excluding hydrogens is 338 g/mol. The second kappa shape index (κ2) is 4.25. The Morgan fingerprint density at radius 1 is 1.29 bits per heavy atom. The van der Waals surface area contributed by atoms with Crippen LogP contribution in [0.15, 0.2) is 40.9 Å². The zero-order valence-corrected chi connectivity index (χ0v) is 12.5. The van der Waals surface area contributed by atoms with Gasteiger partial charge in [-0.15, -0.1) is 0 Å². The molecule has 0 radical (unpaired) electrons. The quantitative estimate of drug-likeness (QED) is 0.644. The summed E-state index contributed by atoms with van der Waals surface area (Å²) in [5, 5.41) is 9.64. The zero-order valence-electron chi connectivity index (χ0n) is 10.9. The summed E-state index contributed by atoms with van der Waals surface area (Å²) >= 11 is 3.38. The van der Waals surface area contributed by atoms with Crippen molar-refractivity contribution in [1.29, 1.82) is 0 Å². The number of carbonyl (C=O) groups excluding carboxylic acids is 2. The standard InChI is InChI=1S/C15H12BrNO4/c16-8-3-1-2-4-9(8)17-13(19)11-10-5-6-15(7-18,21-10)12(11)14(17)20/h1-6,10-12,18H,7H2/t10-,11+,12+,15+/m1/s1. The van der Waals surface area contributed by atoms with Crippen molar-refractivity contribution >= 4 is 33.4 Å². The van der Waals surface area contributed by atoms with E-state index >= 15 is 0 Å². The van der Waals surface area contributed by atoms with Crippen LogP contribution in [-0.4, -0.2) is 35.2 Å². The Bertz CT molecular complexity index is 688. The second-order valence-electron chi connectivity index (χ2n) is 5.52. The molecule has 0 spiro atoms. The summed E-state index contributed by atoms with van der Waals surface area (Å²) in [4.78, 5) is 26.7. The first-order chi connectivity index (χ1) is 10.1. The molecule has 0 unspecified atom stereocenters. The summed E-state index contributed by atoms with van der Waals surface area (Å²) in [6.07, 6.45) is 3.06. The topological polar surface area (TPSA) is 66.8 Å². The maximum atomic E-state index is 12.8. The molecule has 3 aliphatic rings. The number of aliphatic hydroxyl groups excluding tert-OH is 1. The highest BCUT2D eigenvalue weighted by atomic mass is 79.9. The number of ether oxygens (including phenoxy) is 1. The highest BCUT2D eigenvalue weighted by molar-refractivity contribution is 9.10. The Balaban J connectivity index is 1.81. The lowest BCUT2D eigenvalue weighted by molar-refractivity contribution is -0.128. The smallest absolute Gasteiger partial charge is 0.241 e. The van der Waals surface area contributed by atoms with Gasteiger partial charge >= 0.3 is 0 Å². The van der Waals surface area contributed by atoms with E-state index in [0.29, 0.717) is 10.2 Å². The molecule has 1 N–H and O–H groups in total. The monoisotopic (exact) mass is 349 g/mol. The molecule has 4 rings (SSSR count). The van der Waals surface area contributed by atoms with Gasteiger partial charge in [-0.3, -0.25) is 9.59 Å². The van der Waals surface area contributed by atoms with E-state index in [1.54, 1.807) is 30.4 Å². The summed E-state index contributed by atoms with van der Waals surface area (Å²) in [5.74, 6) is -1.75. The molecule has 1 aromatic carbocycles. The third-order valence-electron chi connectivity index (χ3n) is 4.50. The molecule has 0 aliphatic carbocycles. The zero-order chi connectivity index (χ0) is 14.8. The molecule has 2 saturated heterocycles. The lowest BCUT2D eigenvalue weighted by atomic mass is 9.77. The minimum absolute atomic E-state index is 0.262. The van der Waals surface area contributed by atoms with E-state index in [1.807, 2.05) is 6.07 Å². The summed E-state index contributed by atoms with van der Waals surface area (Å²) in [6, 6.07) is 7.11. The van der Waals surface area contributed by atoms with Crippen LogP contribution in [0.4, 0.5) is 5.69 Å². The number of nitrogens with zero attached hydrogens (tertiary/aromatic N) is 1. The van der Waals surface area contributed by atoms with E-state index < -0.39 is 23.5 Å². The molecule has 1 aromatic rings. The van der Waals surface area contributed by atoms with Gasteiger partial charge in [0.05, 0.1) is 30.2 Å². The van der Waals surface area contributed by atoms with Crippen molar-refractivity contribution in [3.8, 4) is 0 Å². The minimum atomic E-state index is -1.04. The molecule has 3 heterocycles. The number of halogens is 1. The highest BCUT2D eigenvalue weighted by Gasteiger charge is 2.67. The van der Waals surface area contributed by atoms with Crippen molar-refractivity contribution in [2.75, 3.05) is 11.5 Å². The third-order valence-corrected chi connectivity index (χ3v) is 5.17. The van der Waals surface area contributed by atoms with Crippen LogP contribution >= 0.6 is 15.9 Å². The van der Waals surface area contributed by atoms with Gasteiger partial charge in [-0.05, 0) is 28.1 Å². The normalized spacial score (nSPS) is 36.7. The number of aliphatic hydroxyl groups is 1. The predicted octanol–water partition coefficient (Wildman–Crippen LogP) is 1.25. The van der Waals surface area contributed by atoms with Crippen LogP contribution in [0, 0.1) is 11.8 Å². The van der Waals surface area contributed by atoms with Crippen LogP contribution in [0.3, 0.4) is 0 Å². The first kappa shape index (κ1) is 13.2. The SMILES string of the molecule is O=C1[C@@H]2[C@@H](C(=O)N1c1ccccc1Br)[C@@]1(CO)C=C[C@H]2O1. The molecule has 2 amide bonds. The van der Waals surface area contributed by atoms with Crippen molar-refractivity contribution < 1.29 is 19.4 Å².